The predicted molar refractivity (Wildman–Crippen MR) is 130 cm³/mol. The minimum Gasteiger partial charge on any atom is -0.492 e. The summed E-state index contributed by atoms with van der Waals surface area (Å²) in [5.41, 5.74) is -2.09. The smallest absolute Gasteiger partial charge is 0.452 e. The van der Waals surface area contributed by atoms with Crippen molar-refractivity contribution in [3.8, 4) is 5.75 Å². The number of ketones is 1. The summed E-state index contributed by atoms with van der Waals surface area (Å²) < 4.78 is 88.2. The second kappa shape index (κ2) is 10.3. The lowest BCUT2D eigenvalue weighted by Gasteiger charge is -2.57. The maximum Gasteiger partial charge on any atom is 0.452 e. The van der Waals surface area contributed by atoms with Gasteiger partial charge in [-0.1, -0.05) is 31.5 Å². The van der Waals surface area contributed by atoms with E-state index in [0.717, 1.165) is 0 Å². The van der Waals surface area contributed by atoms with E-state index in [9.17, 15) is 30.8 Å². The maximum absolute atomic E-state index is 14.2. The van der Waals surface area contributed by atoms with E-state index >= 15 is 0 Å². The number of hydrogen-bond donors (Lipinski definition) is 2. The van der Waals surface area contributed by atoms with Crippen LogP contribution < -0.4 is 14.8 Å². The fraction of sp³-hybridized carbons (Fsp3) is 0.500. The number of rotatable bonds is 10. The third-order valence-corrected chi connectivity index (χ3v) is 8.94. The highest BCUT2D eigenvalue weighted by molar-refractivity contribution is 7.89. The Kier molecular flexibility index (Phi) is 7.69. The van der Waals surface area contributed by atoms with Crippen molar-refractivity contribution in [3.63, 3.8) is 0 Å². The van der Waals surface area contributed by atoms with E-state index in [1.54, 1.807) is 19.1 Å². The SMILES string of the molecule is CCCS(=O)(=O)NCCOc1ccc2c(c1)C(C(=O)C(F)(F)F)(C1(c3ccc(F)cc3)CCC1)NCC2. The number of benzene rings is 2. The van der Waals surface area contributed by atoms with Crippen LogP contribution in [0.5, 0.6) is 5.75 Å². The second-order valence-electron chi connectivity index (χ2n) is 9.58. The van der Waals surface area contributed by atoms with Gasteiger partial charge in [0.2, 0.25) is 10.0 Å². The molecule has 0 aromatic heterocycles. The Bertz CT molecular complexity index is 1240. The van der Waals surface area contributed by atoms with E-state index in [0.29, 0.717) is 43.2 Å². The van der Waals surface area contributed by atoms with Gasteiger partial charge >= 0.3 is 6.18 Å². The molecule has 4 rings (SSSR count). The summed E-state index contributed by atoms with van der Waals surface area (Å²) >= 11 is 0. The van der Waals surface area contributed by atoms with Crippen LogP contribution in [-0.4, -0.2) is 45.8 Å². The first kappa shape index (κ1) is 27.5. The van der Waals surface area contributed by atoms with Gasteiger partial charge in [0.25, 0.3) is 5.78 Å². The second-order valence-corrected chi connectivity index (χ2v) is 11.5. The van der Waals surface area contributed by atoms with Crippen LogP contribution in [-0.2, 0) is 32.2 Å². The summed E-state index contributed by atoms with van der Waals surface area (Å²) in [4.78, 5) is 13.3. The molecule has 6 nitrogen and oxygen atoms in total. The lowest BCUT2D eigenvalue weighted by atomic mass is 9.49. The molecular weight excluding hydrogens is 512 g/mol. The first-order chi connectivity index (χ1) is 17.5. The third kappa shape index (κ3) is 5.13. The molecule has 0 spiro atoms. The predicted octanol–water partition coefficient (Wildman–Crippen LogP) is 4.13. The van der Waals surface area contributed by atoms with Crippen LogP contribution in [0.3, 0.4) is 0 Å². The molecule has 2 N–H and O–H groups in total. The van der Waals surface area contributed by atoms with Gasteiger partial charge in [-0.3, -0.25) is 10.1 Å². The first-order valence-electron chi connectivity index (χ1n) is 12.3. The van der Waals surface area contributed by atoms with E-state index in [-0.39, 0.29) is 36.8 Å². The van der Waals surface area contributed by atoms with Crippen molar-refractivity contribution in [3.05, 3.63) is 65.0 Å². The Labute approximate surface area is 213 Å². The zero-order chi connectivity index (χ0) is 26.9. The van der Waals surface area contributed by atoms with Gasteiger partial charge in [-0.05, 0) is 66.6 Å². The van der Waals surface area contributed by atoms with Gasteiger partial charge in [-0.2, -0.15) is 13.2 Å². The molecule has 202 valence electrons. The quantitative estimate of drug-likeness (QED) is 0.349. The van der Waals surface area contributed by atoms with Gasteiger partial charge < -0.3 is 4.74 Å². The highest BCUT2D eigenvalue weighted by atomic mass is 32.2. The molecule has 1 aliphatic heterocycles. The minimum absolute atomic E-state index is 0.0101. The standard InChI is InChI=1S/C26H30F4N2O4S/c1-2-16-37(34,35)32-14-15-36-21-9-4-18-10-13-31-25(22(18)17-21,23(33)26(28,29)30)24(11-3-12-24)19-5-7-20(27)8-6-19/h4-9,17,31-32H,2-3,10-16H2,1H3. The topological polar surface area (TPSA) is 84.5 Å². The number of halogens is 4. The average molecular weight is 543 g/mol. The highest BCUT2D eigenvalue weighted by Crippen LogP contribution is 2.59. The highest BCUT2D eigenvalue weighted by Gasteiger charge is 2.67. The zero-order valence-corrected chi connectivity index (χ0v) is 21.3. The molecule has 1 aliphatic carbocycles. The summed E-state index contributed by atoms with van der Waals surface area (Å²) in [5, 5.41) is 2.97. The number of fused-ring (bicyclic) bond motifs is 1. The van der Waals surface area contributed by atoms with Crippen LogP contribution in [0, 0.1) is 5.82 Å². The van der Waals surface area contributed by atoms with Gasteiger partial charge in [0.1, 0.15) is 23.7 Å². The molecule has 0 saturated heterocycles. The van der Waals surface area contributed by atoms with Crippen molar-refractivity contribution in [2.24, 2.45) is 0 Å². The molecular formula is C26H30F4N2O4S. The normalized spacial score (nSPS) is 21.1. The summed E-state index contributed by atoms with van der Waals surface area (Å²) in [7, 11) is -3.43. The number of ether oxygens (including phenoxy) is 1. The van der Waals surface area contributed by atoms with Crippen molar-refractivity contribution < 1.29 is 35.5 Å². The molecule has 2 aliphatic rings. The summed E-state index contributed by atoms with van der Waals surface area (Å²) in [6.07, 6.45) is -3.00. The number of nitrogens with one attached hydrogen (secondary N) is 2. The van der Waals surface area contributed by atoms with Crippen LogP contribution in [0.15, 0.2) is 42.5 Å². The van der Waals surface area contributed by atoms with E-state index in [1.165, 1.54) is 30.3 Å². The monoisotopic (exact) mass is 542 g/mol. The molecule has 1 heterocycles. The summed E-state index contributed by atoms with van der Waals surface area (Å²) in [5.74, 6) is -2.21. The van der Waals surface area contributed by atoms with E-state index < -0.39 is 38.8 Å². The van der Waals surface area contributed by atoms with E-state index in [1.807, 2.05) is 0 Å². The van der Waals surface area contributed by atoms with Crippen LogP contribution in [0.2, 0.25) is 0 Å². The number of carbonyl (C=O) groups excluding carboxylic acids is 1. The van der Waals surface area contributed by atoms with Crippen molar-refractivity contribution in [1.82, 2.24) is 10.0 Å². The van der Waals surface area contributed by atoms with Gasteiger partial charge in [0, 0.05) is 18.5 Å². The van der Waals surface area contributed by atoms with Crippen LogP contribution in [0.4, 0.5) is 17.6 Å². The van der Waals surface area contributed by atoms with Gasteiger partial charge in [-0.25, -0.2) is 17.5 Å². The molecule has 0 amide bonds. The maximum atomic E-state index is 14.2. The molecule has 1 saturated carbocycles. The zero-order valence-electron chi connectivity index (χ0n) is 20.5. The molecule has 1 fully saturated rings. The molecule has 2 aromatic rings. The fourth-order valence-electron chi connectivity index (χ4n) is 5.64. The Morgan fingerprint density at radius 3 is 2.43 bits per heavy atom. The van der Waals surface area contributed by atoms with Crippen molar-refractivity contribution >= 4 is 15.8 Å². The van der Waals surface area contributed by atoms with Crippen molar-refractivity contribution in [2.45, 2.75) is 56.2 Å². The fourth-order valence-corrected chi connectivity index (χ4v) is 6.71. The van der Waals surface area contributed by atoms with Crippen LogP contribution >= 0.6 is 0 Å². The van der Waals surface area contributed by atoms with Crippen LogP contribution in [0.1, 0.15) is 49.3 Å². The number of carbonyl (C=O) groups is 1. The lowest BCUT2D eigenvalue weighted by Crippen LogP contribution is -2.70. The molecule has 11 heteroatoms. The Hall–Kier alpha value is -2.50. The Balaban J connectivity index is 1.75. The van der Waals surface area contributed by atoms with Crippen LogP contribution in [0.25, 0.3) is 0 Å². The van der Waals surface area contributed by atoms with Crippen molar-refractivity contribution in [1.29, 1.82) is 0 Å². The minimum atomic E-state index is -5.13. The number of hydrogen-bond acceptors (Lipinski definition) is 5. The molecule has 1 unspecified atom stereocenters. The lowest BCUT2D eigenvalue weighted by molar-refractivity contribution is -0.185. The molecule has 1 atom stereocenters. The molecule has 37 heavy (non-hydrogen) atoms. The number of Topliss-reactive ketones (excluding diaryl/α,β-unsaturated/α-hetero) is 1. The summed E-state index contributed by atoms with van der Waals surface area (Å²) in [6.45, 7) is 1.85. The number of alkyl halides is 3. The van der Waals surface area contributed by atoms with E-state index in [4.69, 9.17) is 4.74 Å². The molecule has 0 bridgehead atoms. The Morgan fingerprint density at radius 1 is 1.14 bits per heavy atom. The first-order valence-corrected chi connectivity index (χ1v) is 14.0. The summed E-state index contributed by atoms with van der Waals surface area (Å²) in [6, 6.07) is 10.0. The van der Waals surface area contributed by atoms with Gasteiger partial charge in [0.15, 0.2) is 0 Å². The van der Waals surface area contributed by atoms with E-state index in [2.05, 4.69) is 10.0 Å². The largest absolute Gasteiger partial charge is 0.492 e. The molecule has 0 radical (unpaired) electrons. The van der Waals surface area contributed by atoms with Crippen molar-refractivity contribution in [2.75, 3.05) is 25.4 Å². The number of sulfonamides is 1. The Morgan fingerprint density at radius 2 is 1.84 bits per heavy atom. The average Bonchev–Trinajstić information content (AvgIpc) is 2.81. The third-order valence-electron chi connectivity index (χ3n) is 7.36. The van der Waals surface area contributed by atoms with Gasteiger partial charge in [0.05, 0.1) is 5.75 Å². The molecule has 2 aromatic carbocycles. The van der Waals surface area contributed by atoms with Gasteiger partial charge in [-0.15, -0.1) is 0 Å².